The molecule has 0 aromatic carbocycles. The number of piperidine rings is 1. The molecule has 1 spiro atoms. The third kappa shape index (κ3) is 1.41. The molecule has 2 aliphatic heterocycles. The van der Waals surface area contributed by atoms with Gasteiger partial charge in [-0.05, 0) is 43.9 Å². The maximum atomic E-state index is 3.76. The van der Waals surface area contributed by atoms with E-state index in [0.717, 1.165) is 17.5 Å². The van der Waals surface area contributed by atoms with Crippen LogP contribution in [0.1, 0.15) is 57.8 Å². The predicted molar refractivity (Wildman–Crippen MR) is 54.7 cm³/mol. The molecule has 2 bridgehead atoms. The molecular weight excluding hydrogens is 158 g/mol. The minimum Gasteiger partial charge on any atom is -0.311 e. The highest BCUT2D eigenvalue weighted by Gasteiger charge is 2.43. The Morgan fingerprint density at radius 1 is 0.846 bits per heavy atom. The number of rotatable bonds is 0. The maximum absolute atomic E-state index is 3.76. The highest BCUT2D eigenvalue weighted by atomic mass is 15.0. The molecule has 2 saturated heterocycles. The van der Waals surface area contributed by atoms with Crippen LogP contribution >= 0.6 is 0 Å². The van der Waals surface area contributed by atoms with Gasteiger partial charge in [-0.3, -0.25) is 0 Å². The summed E-state index contributed by atoms with van der Waals surface area (Å²) in [7, 11) is 0. The van der Waals surface area contributed by atoms with E-state index in [0.29, 0.717) is 0 Å². The fourth-order valence-electron chi connectivity index (χ4n) is 4.06. The average molecular weight is 179 g/mol. The van der Waals surface area contributed by atoms with Crippen molar-refractivity contribution in [2.75, 3.05) is 0 Å². The van der Waals surface area contributed by atoms with Gasteiger partial charge in [0.25, 0.3) is 0 Å². The monoisotopic (exact) mass is 179 g/mol. The molecule has 3 aliphatic rings. The third-order valence-corrected chi connectivity index (χ3v) is 4.61. The summed E-state index contributed by atoms with van der Waals surface area (Å²) in [5.74, 6) is 0. The van der Waals surface area contributed by atoms with Gasteiger partial charge in [0.05, 0.1) is 0 Å². The second-order valence-electron chi connectivity index (χ2n) is 5.61. The predicted octanol–water partition coefficient (Wildman–Crippen LogP) is 2.85. The Balaban J connectivity index is 1.76. The smallest absolute Gasteiger partial charge is 0.00755 e. The zero-order valence-corrected chi connectivity index (χ0v) is 8.52. The Hall–Kier alpha value is -0.0400. The fraction of sp³-hybridized carbons (Fsp3) is 1.00. The van der Waals surface area contributed by atoms with E-state index in [-0.39, 0.29) is 0 Å². The van der Waals surface area contributed by atoms with Gasteiger partial charge >= 0.3 is 0 Å². The van der Waals surface area contributed by atoms with Crippen molar-refractivity contribution in [3.8, 4) is 0 Å². The second-order valence-corrected chi connectivity index (χ2v) is 5.61. The van der Waals surface area contributed by atoms with Crippen molar-refractivity contribution in [3.63, 3.8) is 0 Å². The maximum Gasteiger partial charge on any atom is 0.00755 e. The first-order valence-corrected chi connectivity index (χ1v) is 6.12. The minimum absolute atomic E-state index is 0.801. The molecule has 1 nitrogen and oxygen atoms in total. The van der Waals surface area contributed by atoms with Crippen molar-refractivity contribution >= 4 is 0 Å². The van der Waals surface area contributed by atoms with Gasteiger partial charge in [0.1, 0.15) is 0 Å². The average Bonchev–Trinajstić information content (AvgIpc) is 2.48. The van der Waals surface area contributed by atoms with Crippen LogP contribution in [0, 0.1) is 5.41 Å². The van der Waals surface area contributed by atoms with Gasteiger partial charge in [-0.15, -0.1) is 0 Å². The van der Waals surface area contributed by atoms with Crippen molar-refractivity contribution in [1.29, 1.82) is 0 Å². The van der Waals surface area contributed by atoms with Gasteiger partial charge in [-0.25, -0.2) is 0 Å². The molecule has 3 rings (SSSR count). The number of hydrogen-bond acceptors (Lipinski definition) is 1. The third-order valence-electron chi connectivity index (χ3n) is 4.61. The first-order chi connectivity index (χ1) is 6.36. The summed E-state index contributed by atoms with van der Waals surface area (Å²) in [4.78, 5) is 0. The molecule has 2 heterocycles. The van der Waals surface area contributed by atoms with E-state index >= 15 is 0 Å². The van der Waals surface area contributed by atoms with E-state index < -0.39 is 0 Å². The molecular formula is C12H21N. The molecule has 2 atom stereocenters. The lowest BCUT2D eigenvalue weighted by molar-refractivity contribution is 0.103. The van der Waals surface area contributed by atoms with E-state index in [9.17, 15) is 0 Å². The van der Waals surface area contributed by atoms with Gasteiger partial charge in [0, 0.05) is 12.1 Å². The van der Waals surface area contributed by atoms with E-state index in [4.69, 9.17) is 0 Å². The summed E-state index contributed by atoms with van der Waals surface area (Å²) in [6, 6.07) is 1.80. The van der Waals surface area contributed by atoms with Crippen molar-refractivity contribution in [2.45, 2.75) is 69.9 Å². The van der Waals surface area contributed by atoms with Gasteiger partial charge in [-0.2, -0.15) is 0 Å². The quantitative estimate of drug-likeness (QED) is 0.603. The molecule has 1 saturated carbocycles. The summed E-state index contributed by atoms with van der Waals surface area (Å²) in [5.41, 5.74) is 0.801. The Kier molecular flexibility index (Phi) is 1.90. The summed E-state index contributed by atoms with van der Waals surface area (Å²) >= 11 is 0. The van der Waals surface area contributed by atoms with Gasteiger partial charge in [0.15, 0.2) is 0 Å². The lowest BCUT2D eigenvalue weighted by atomic mass is 9.66. The summed E-state index contributed by atoms with van der Waals surface area (Å²) in [6.07, 6.45) is 13.6. The van der Waals surface area contributed by atoms with Gasteiger partial charge < -0.3 is 5.32 Å². The van der Waals surface area contributed by atoms with Crippen LogP contribution in [0.2, 0.25) is 0 Å². The van der Waals surface area contributed by atoms with E-state index in [1.807, 2.05) is 0 Å². The standard InChI is InChI=1S/C12H21N/c1-2-6-12(7-3-1)8-10-4-5-11(9-12)13-10/h10-11,13H,1-9H2. The second kappa shape index (κ2) is 2.98. The number of nitrogens with one attached hydrogen (secondary N) is 1. The minimum atomic E-state index is 0.801. The normalized spacial score (nSPS) is 42.5. The number of fused-ring (bicyclic) bond motifs is 2. The first-order valence-electron chi connectivity index (χ1n) is 6.12. The summed E-state index contributed by atoms with van der Waals surface area (Å²) < 4.78 is 0. The summed E-state index contributed by atoms with van der Waals surface area (Å²) in [6.45, 7) is 0. The van der Waals surface area contributed by atoms with Crippen molar-refractivity contribution in [1.82, 2.24) is 5.32 Å². The first kappa shape index (κ1) is 8.28. The van der Waals surface area contributed by atoms with Crippen LogP contribution in [0.5, 0.6) is 0 Å². The van der Waals surface area contributed by atoms with Crippen LogP contribution in [-0.2, 0) is 0 Å². The molecule has 1 N–H and O–H groups in total. The highest BCUT2D eigenvalue weighted by molar-refractivity contribution is 5.00. The summed E-state index contributed by atoms with van der Waals surface area (Å²) in [5, 5.41) is 3.76. The van der Waals surface area contributed by atoms with Crippen LogP contribution in [0.3, 0.4) is 0 Å². The zero-order chi connectivity index (χ0) is 8.73. The Morgan fingerprint density at radius 3 is 2.08 bits per heavy atom. The van der Waals surface area contributed by atoms with Crippen LogP contribution in [0.25, 0.3) is 0 Å². The molecule has 74 valence electrons. The topological polar surface area (TPSA) is 12.0 Å². The molecule has 1 heteroatoms. The Bertz CT molecular complexity index is 179. The van der Waals surface area contributed by atoms with Crippen LogP contribution in [0.15, 0.2) is 0 Å². The molecule has 13 heavy (non-hydrogen) atoms. The highest BCUT2D eigenvalue weighted by Crippen LogP contribution is 2.49. The van der Waals surface area contributed by atoms with E-state index in [1.54, 1.807) is 12.8 Å². The van der Waals surface area contributed by atoms with Crippen molar-refractivity contribution < 1.29 is 0 Å². The van der Waals surface area contributed by atoms with Crippen LogP contribution in [0.4, 0.5) is 0 Å². The largest absolute Gasteiger partial charge is 0.311 e. The molecule has 0 aromatic heterocycles. The van der Waals surface area contributed by atoms with E-state index in [1.165, 1.54) is 44.9 Å². The molecule has 3 fully saturated rings. The van der Waals surface area contributed by atoms with Gasteiger partial charge in [-0.1, -0.05) is 19.3 Å². The zero-order valence-electron chi connectivity index (χ0n) is 8.52. The SMILES string of the molecule is C1CCC2(CC1)CC1CCC(C2)N1. The van der Waals surface area contributed by atoms with Crippen molar-refractivity contribution in [3.05, 3.63) is 0 Å². The lowest BCUT2D eigenvalue weighted by Gasteiger charge is -2.44. The fourth-order valence-corrected chi connectivity index (χ4v) is 4.06. The molecule has 0 aromatic rings. The molecule has 1 aliphatic carbocycles. The molecule has 2 unspecified atom stereocenters. The van der Waals surface area contributed by atoms with Crippen LogP contribution < -0.4 is 5.32 Å². The molecule has 0 radical (unpaired) electrons. The number of hydrogen-bond donors (Lipinski definition) is 1. The van der Waals surface area contributed by atoms with Crippen molar-refractivity contribution in [2.24, 2.45) is 5.41 Å². The Morgan fingerprint density at radius 2 is 1.46 bits per heavy atom. The lowest BCUT2D eigenvalue weighted by Crippen LogP contribution is -2.45. The Labute approximate surface area is 81.3 Å². The van der Waals surface area contributed by atoms with Crippen LogP contribution in [-0.4, -0.2) is 12.1 Å². The van der Waals surface area contributed by atoms with Gasteiger partial charge in [0.2, 0.25) is 0 Å². The molecule has 0 amide bonds. The van der Waals surface area contributed by atoms with E-state index in [2.05, 4.69) is 5.32 Å².